The van der Waals surface area contributed by atoms with Gasteiger partial charge in [-0.3, -0.25) is 19.4 Å². The summed E-state index contributed by atoms with van der Waals surface area (Å²) in [4.78, 5) is 42.7. The van der Waals surface area contributed by atoms with Crippen LogP contribution >= 0.6 is 0 Å². The van der Waals surface area contributed by atoms with Gasteiger partial charge in [0.15, 0.2) is 0 Å². The monoisotopic (exact) mass is 432 g/mol. The zero-order valence-electron chi connectivity index (χ0n) is 18.2. The molecule has 1 aromatic carbocycles. The molecule has 0 aliphatic heterocycles. The maximum Gasteiger partial charge on any atom is 0.252 e. The molecule has 1 N–H and O–H groups in total. The Bertz CT molecular complexity index is 1160. The average molecular weight is 432 g/mol. The normalized spacial score (nSPS) is 16.3. The van der Waals surface area contributed by atoms with Crippen molar-refractivity contribution in [2.24, 2.45) is 0 Å². The summed E-state index contributed by atoms with van der Waals surface area (Å²) < 4.78 is 10.3. The first-order valence-corrected chi connectivity index (χ1v) is 10.4. The van der Waals surface area contributed by atoms with Gasteiger partial charge in [0.25, 0.3) is 5.91 Å². The van der Waals surface area contributed by atoms with Crippen LogP contribution < -0.4 is 5.32 Å². The molecule has 1 fully saturated rings. The van der Waals surface area contributed by atoms with Crippen LogP contribution in [0.15, 0.2) is 65.4 Å². The summed E-state index contributed by atoms with van der Waals surface area (Å²) in [7, 11) is 2.67. The Hall–Kier alpha value is -3.74. The van der Waals surface area contributed by atoms with E-state index in [-0.39, 0.29) is 41.5 Å². The number of allylic oxidation sites excluding steroid dienone is 2. The van der Waals surface area contributed by atoms with Crippen molar-refractivity contribution in [1.82, 2.24) is 10.3 Å². The van der Waals surface area contributed by atoms with E-state index in [2.05, 4.69) is 10.3 Å². The molecule has 0 saturated heterocycles. The maximum atomic E-state index is 13.0. The van der Waals surface area contributed by atoms with E-state index in [0.29, 0.717) is 16.7 Å². The van der Waals surface area contributed by atoms with Crippen LogP contribution in [0.25, 0.3) is 11.1 Å². The van der Waals surface area contributed by atoms with E-state index in [9.17, 15) is 14.4 Å². The molecule has 7 nitrogen and oxygen atoms in total. The minimum Gasteiger partial charge on any atom is -0.489 e. The number of Topliss-reactive ketones (excluding diaryl/α,β-unsaturated/α-hetero) is 2. The van der Waals surface area contributed by atoms with E-state index in [1.54, 1.807) is 25.4 Å². The Morgan fingerprint density at radius 2 is 1.69 bits per heavy atom. The number of aromatic nitrogens is 1. The molecule has 1 saturated carbocycles. The number of nitrogens with zero attached hydrogens (tertiary/aromatic N) is 1. The zero-order valence-corrected chi connectivity index (χ0v) is 18.2. The number of carbonyl (C=O) groups excluding carboxylic acids is 3. The number of ketones is 2. The second kappa shape index (κ2) is 8.78. The molecule has 0 spiro atoms. The van der Waals surface area contributed by atoms with Gasteiger partial charge in [0.1, 0.15) is 0 Å². The molecule has 2 aliphatic rings. The molecule has 32 heavy (non-hydrogen) atoms. The maximum absolute atomic E-state index is 13.0. The summed E-state index contributed by atoms with van der Waals surface area (Å²) in [6.07, 6.45) is 5.51. The molecule has 164 valence electrons. The minimum absolute atomic E-state index is 0.0868. The first-order chi connectivity index (χ1) is 15.4. The fourth-order valence-electron chi connectivity index (χ4n) is 3.77. The van der Waals surface area contributed by atoms with Gasteiger partial charge >= 0.3 is 0 Å². The van der Waals surface area contributed by atoms with Gasteiger partial charge in [0.2, 0.25) is 23.1 Å². The van der Waals surface area contributed by atoms with Crippen molar-refractivity contribution < 1.29 is 23.9 Å². The predicted molar refractivity (Wildman–Crippen MR) is 118 cm³/mol. The van der Waals surface area contributed by atoms with Crippen LogP contribution in [0.3, 0.4) is 0 Å². The summed E-state index contributed by atoms with van der Waals surface area (Å²) in [6.45, 7) is 1.60. The van der Waals surface area contributed by atoms with Crippen molar-refractivity contribution in [2.75, 3.05) is 14.2 Å². The van der Waals surface area contributed by atoms with E-state index in [1.165, 1.54) is 14.2 Å². The summed E-state index contributed by atoms with van der Waals surface area (Å²) in [6, 6.07) is 9.42. The molecule has 2 aliphatic carbocycles. The molecule has 2 aromatic rings. The molecule has 0 atom stereocenters. The Morgan fingerprint density at radius 1 is 1.03 bits per heavy atom. The Morgan fingerprint density at radius 3 is 2.31 bits per heavy atom. The second-order valence-electron chi connectivity index (χ2n) is 7.87. The van der Waals surface area contributed by atoms with Gasteiger partial charge in [-0.1, -0.05) is 12.1 Å². The first-order valence-electron chi connectivity index (χ1n) is 10.4. The van der Waals surface area contributed by atoms with E-state index >= 15 is 0 Å². The Labute approximate surface area is 186 Å². The van der Waals surface area contributed by atoms with Crippen LogP contribution in [0.5, 0.6) is 0 Å². The van der Waals surface area contributed by atoms with Crippen molar-refractivity contribution in [2.45, 2.75) is 32.2 Å². The lowest BCUT2D eigenvalue weighted by atomic mass is 9.87. The second-order valence-corrected chi connectivity index (χ2v) is 7.87. The molecule has 1 amide bonds. The lowest BCUT2D eigenvalue weighted by Crippen LogP contribution is -2.27. The number of rotatable bonds is 7. The largest absolute Gasteiger partial charge is 0.489 e. The zero-order chi connectivity index (χ0) is 22.8. The highest BCUT2D eigenvalue weighted by Gasteiger charge is 2.34. The smallest absolute Gasteiger partial charge is 0.252 e. The number of nitrogens with one attached hydrogen (secondary N) is 1. The molecule has 0 radical (unpaired) electrons. The SMILES string of the molecule is COC1=C(OC)C(=O)C(Cc2ccc(-c3ccncc3)c(C(=O)NC3CC3)c2)=C(C)C1=O. The summed E-state index contributed by atoms with van der Waals surface area (Å²) in [5.41, 5.74) is 3.57. The summed E-state index contributed by atoms with van der Waals surface area (Å²) in [5.74, 6) is -1.10. The number of pyridine rings is 1. The number of methoxy groups -OCH3 is 2. The molecule has 0 bridgehead atoms. The van der Waals surface area contributed by atoms with Crippen molar-refractivity contribution >= 4 is 17.5 Å². The lowest BCUT2D eigenvalue weighted by Gasteiger charge is -2.20. The third-order valence-electron chi connectivity index (χ3n) is 5.71. The highest BCUT2D eigenvalue weighted by atomic mass is 16.5. The predicted octanol–water partition coefficient (Wildman–Crippen LogP) is 3.16. The van der Waals surface area contributed by atoms with Crippen molar-refractivity contribution in [1.29, 1.82) is 0 Å². The number of benzene rings is 1. The quantitative estimate of drug-likeness (QED) is 0.676. The first kappa shape index (κ1) is 21.5. The average Bonchev–Trinajstić information content (AvgIpc) is 3.63. The number of hydrogen-bond acceptors (Lipinski definition) is 6. The van der Waals surface area contributed by atoms with Gasteiger partial charge in [-0.15, -0.1) is 0 Å². The lowest BCUT2D eigenvalue weighted by molar-refractivity contribution is -0.121. The molecule has 1 heterocycles. The van der Waals surface area contributed by atoms with Crippen molar-refractivity contribution in [3.63, 3.8) is 0 Å². The van der Waals surface area contributed by atoms with Crippen LogP contribution in [0.1, 0.15) is 35.7 Å². The summed E-state index contributed by atoms with van der Waals surface area (Å²) >= 11 is 0. The van der Waals surface area contributed by atoms with Gasteiger partial charge in [0.05, 0.1) is 14.2 Å². The molecular weight excluding hydrogens is 408 g/mol. The Kier molecular flexibility index (Phi) is 5.90. The number of hydrogen-bond donors (Lipinski definition) is 1. The molecule has 1 aromatic heterocycles. The van der Waals surface area contributed by atoms with Gasteiger partial charge < -0.3 is 14.8 Å². The van der Waals surface area contributed by atoms with E-state index in [4.69, 9.17) is 9.47 Å². The van der Waals surface area contributed by atoms with Crippen LogP contribution in [-0.4, -0.2) is 42.7 Å². The van der Waals surface area contributed by atoms with E-state index in [0.717, 1.165) is 29.5 Å². The molecule has 4 rings (SSSR count). The van der Waals surface area contributed by atoms with E-state index < -0.39 is 0 Å². The molecule has 7 heteroatoms. The molecule has 0 unspecified atom stereocenters. The van der Waals surface area contributed by atoms with Gasteiger partial charge in [-0.25, -0.2) is 0 Å². The van der Waals surface area contributed by atoms with Crippen molar-refractivity contribution in [3.05, 3.63) is 76.5 Å². The van der Waals surface area contributed by atoms with Crippen LogP contribution in [0.4, 0.5) is 0 Å². The van der Waals surface area contributed by atoms with Crippen LogP contribution in [0.2, 0.25) is 0 Å². The Balaban J connectivity index is 1.71. The number of amides is 1. The fourth-order valence-corrected chi connectivity index (χ4v) is 3.77. The number of carbonyl (C=O) groups is 3. The van der Waals surface area contributed by atoms with E-state index in [1.807, 2.05) is 24.3 Å². The van der Waals surface area contributed by atoms with Crippen LogP contribution in [0, 0.1) is 0 Å². The topological polar surface area (TPSA) is 94.6 Å². The summed E-state index contributed by atoms with van der Waals surface area (Å²) in [5, 5.41) is 3.03. The molecular formula is C25H24N2O5. The van der Waals surface area contributed by atoms with Gasteiger partial charge in [-0.2, -0.15) is 0 Å². The fraction of sp³-hybridized carbons (Fsp3) is 0.280. The highest BCUT2D eigenvalue weighted by Crippen LogP contribution is 2.30. The third kappa shape index (κ3) is 4.06. The highest BCUT2D eigenvalue weighted by molar-refractivity contribution is 6.23. The van der Waals surface area contributed by atoms with Gasteiger partial charge in [-0.05, 0) is 54.7 Å². The van der Waals surface area contributed by atoms with Gasteiger partial charge in [0, 0.05) is 41.6 Å². The third-order valence-corrected chi connectivity index (χ3v) is 5.71. The minimum atomic E-state index is -0.386. The number of ether oxygens (including phenoxy) is 2. The van der Waals surface area contributed by atoms with Crippen molar-refractivity contribution in [3.8, 4) is 11.1 Å². The van der Waals surface area contributed by atoms with Crippen LogP contribution in [-0.2, 0) is 25.5 Å². The standard InChI is InChI=1S/C25H24N2O5/c1-14-19(22(29)24(32-3)23(31-2)21(14)28)12-15-4-7-18(16-8-10-26-11-9-16)20(13-15)25(30)27-17-5-6-17/h4,7-11,13,17H,5-6,12H2,1-3H3,(H,27,30).